The van der Waals surface area contributed by atoms with E-state index < -0.39 is 0 Å². The molecule has 104 valence electrons. The first-order valence-corrected chi connectivity index (χ1v) is 6.58. The van der Waals surface area contributed by atoms with Gasteiger partial charge in [0.15, 0.2) is 0 Å². The highest BCUT2D eigenvalue weighted by molar-refractivity contribution is 6.30. The number of benzene rings is 2. The predicted octanol–water partition coefficient (Wildman–Crippen LogP) is 2.86. The molecule has 0 aliphatic heterocycles. The fourth-order valence-corrected chi connectivity index (χ4v) is 1.98. The van der Waals surface area contributed by atoms with Crippen LogP contribution < -0.4 is 16.6 Å². The molecule has 2 aromatic rings. The van der Waals surface area contributed by atoms with Crippen molar-refractivity contribution in [1.29, 1.82) is 0 Å². The van der Waals surface area contributed by atoms with Crippen molar-refractivity contribution in [3.8, 4) is 0 Å². The smallest absolute Gasteiger partial charge is 0.253 e. The van der Waals surface area contributed by atoms with E-state index in [2.05, 4.69) is 10.7 Å². The maximum absolute atomic E-state index is 12.2. The number of nitrogens with two attached hydrogens (primary N) is 1. The van der Waals surface area contributed by atoms with Crippen LogP contribution in [0.4, 0.5) is 5.69 Å². The van der Waals surface area contributed by atoms with Crippen molar-refractivity contribution >= 4 is 23.2 Å². The minimum Gasteiger partial charge on any atom is -0.348 e. The topological polar surface area (TPSA) is 67.1 Å². The van der Waals surface area contributed by atoms with Gasteiger partial charge in [-0.05, 0) is 36.8 Å². The Morgan fingerprint density at radius 3 is 2.55 bits per heavy atom. The van der Waals surface area contributed by atoms with Crippen LogP contribution in [-0.2, 0) is 6.54 Å². The number of halogens is 1. The molecule has 0 unspecified atom stereocenters. The van der Waals surface area contributed by atoms with Gasteiger partial charge in [0.05, 0.1) is 11.3 Å². The van der Waals surface area contributed by atoms with Gasteiger partial charge in [0.1, 0.15) is 0 Å². The van der Waals surface area contributed by atoms with Crippen LogP contribution in [-0.4, -0.2) is 5.91 Å². The molecule has 5 heteroatoms. The van der Waals surface area contributed by atoms with E-state index in [4.69, 9.17) is 17.4 Å². The number of nitrogens with one attached hydrogen (secondary N) is 2. The van der Waals surface area contributed by atoms with E-state index in [1.807, 2.05) is 25.1 Å². The molecule has 0 aliphatic rings. The van der Waals surface area contributed by atoms with Crippen LogP contribution in [0.3, 0.4) is 0 Å². The minimum atomic E-state index is -0.170. The van der Waals surface area contributed by atoms with Crippen LogP contribution in [0.2, 0.25) is 5.02 Å². The Morgan fingerprint density at radius 1 is 1.20 bits per heavy atom. The lowest BCUT2D eigenvalue weighted by atomic mass is 10.1. The van der Waals surface area contributed by atoms with Crippen molar-refractivity contribution in [1.82, 2.24) is 5.32 Å². The van der Waals surface area contributed by atoms with Gasteiger partial charge in [-0.2, -0.15) is 0 Å². The Morgan fingerprint density at radius 2 is 1.90 bits per heavy atom. The Hall–Kier alpha value is -2.04. The third-order valence-corrected chi connectivity index (χ3v) is 3.19. The first-order chi connectivity index (χ1) is 9.60. The molecule has 2 aromatic carbocycles. The maximum atomic E-state index is 12.2. The van der Waals surface area contributed by atoms with Crippen LogP contribution in [0.5, 0.6) is 0 Å². The van der Waals surface area contributed by atoms with Crippen LogP contribution >= 0.6 is 11.6 Å². The molecule has 0 atom stereocenters. The largest absolute Gasteiger partial charge is 0.348 e. The van der Waals surface area contributed by atoms with Crippen molar-refractivity contribution in [2.45, 2.75) is 13.5 Å². The maximum Gasteiger partial charge on any atom is 0.253 e. The van der Waals surface area contributed by atoms with Gasteiger partial charge >= 0.3 is 0 Å². The lowest BCUT2D eigenvalue weighted by Crippen LogP contribution is -2.24. The van der Waals surface area contributed by atoms with Crippen molar-refractivity contribution < 1.29 is 4.79 Å². The number of amides is 1. The highest BCUT2D eigenvalue weighted by Gasteiger charge is 2.10. The van der Waals surface area contributed by atoms with Gasteiger partial charge < -0.3 is 10.7 Å². The molecule has 4 N–H and O–H groups in total. The van der Waals surface area contributed by atoms with Gasteiger partial charge in [-0.1, -0.05) is 35.4 Å². The van der Waals surface area contributed by atoms with E-state index >= 15 is 0 Å². The fraction of sp³-hybridized carbons (Fsp3) is 0.133. The number of nitrogen functional groups attached to an aromatic ring is 1. The third-order valence-electron chi connectivity index (χ3n) is 2.94. The van der Waals surface area contributed by atoms with Crippen molar-refractivity contribution in [2.24, 2.45) is 5.84 Å². The molecule has 4 nitrogen and oxygen atoms in total. The fourth-order valence-electron chi connectivity index (χ4n) is 1.85. The molecule has 0 heterocycles. The Bertz CT molecular complexity index is 611. The first kappa shape index (κ1) is 14.4. The summed E-state index contributed by atoms with van der Waals surface area (Å²) < 4.78 is 0. The van der Waals surface area contributed by atoms with E-state index in [-0.39, 0.29) is 5.91 Å². The number of aryl methyl sites for hydroxylation is 1. The molecule has 0 radical (unpaired) electrons. The molecule has 1 amide bonds. The molecule has 0 aromatic heterocycles. The van der Waals surface area contributed by atoms with E-state index in [9.17, 15) is 4.79 Å². The normalized spacial score (nSPS) is 10.2. The molecule has 0 saturated heterocycles. The molecule has 0 saturated carbocycles. The molecular weight excluding hydrogens is 274 g/mol. The van der Waals surface area contributed by atoms with Crippen LogP contribution in [0, 0.1) is 6.92 Å². The SMILES string of the molecule is Cc1ccc(NN)c(C(=O)NCc2ccc(Cl)cc2)c1. The molecule has 2 rings (SSSR count). The summed E-state index contributed by atoms with van der Waals surface area (Å²) in [5.41, 5.74) is 5.65. The quantitative estimate of drug-likeness (QED) is 0.599. The van der Waals surface area contributed by atoms with E-state index in [0.29, 0.717) is 22.8 Å². The number of hydrogen-bond donors (Lipinski definition) is 3. The standard InChI is InChI=1S/C15H16ClN3O/c1-10-2-7-14(19-17)13(8-10)15(20)18-9-11-3-5-12(16)6-4-11/h2-8,19H,9,17H2,1H3,(H,18,20). The summed E-state index contributed by atoms with van der Waals surface area (Å²) in [4.78, 5) is 12.2. The highest BCUT2D eigenvalue weighted by Crippen LogP contribution is 2.16. The molecule has 0 spiro atoms. The summed E-state index contributed by atoms with van der Waals surface area (Å²) in [5, 5.41) is 3.53. The molecule has 20 heavy (non-hydrogen) atoms. The van der Waals surface area contributed by atoms with E-state index in [0.717, 1.165) is 11.1 Å². The first-order valence-electron chi connectivity index (χ1n) is 6.20. The minimum absolute atomic E-state index is 0.170. The number of hydrazine groups is 1. The summed E-state index contributed by atoms with van der Waals surface area (Å²) in [5.74, 6) is 5.25. The van der Waals surface area contributed by atoms with E-state index in [1.165, 1.54) is 0 Å². The van der Waals surface area contributed by atoms with Crippen molar-refractivity contribution in [3.05, 3.63) is 64.2 Å². The van der Waals surface area contributed by atoms with Crippen molar-refractivity contribution in [3.63, 3.8) is 0 Å². The monoisotopic (exact) mass is 289 g/mol. The number of carbonyl (C=O) groups excluding carboxylic acids is 1. The Labute approximate surface area is 122 Å². The van der Waals surface area contributed by atoms with Gasteiger partial charge in [0.2, 0.25) is 0 Å². The number of anilines is 1. The average molecular weight is 290 g/mol. The van der Waals surface area contributed by atoms with Gasteiger partial charge in [-0.3, -0.25) is 10.6 Å². The highest BCUT2D eigenvalue weighted by atomic mass is 35.5. The Balaban J connectivity index is 2.08. The summed E-state index contributed by atoms with van der Waals surface area (Å²) in [7, 11) is 0. The second-order valence-corrected chi connectivity index (χ2v) is 4.94. The third kappa shape index (κ3) is 3.50. The summed E-state index contributed by atoms with van der Waals surface area (Å²) >= 11 is 5.82. The molecule has 0 aliphatic carbocycles. The summed E-state index contributed by atoms with van der Waals surface area (Å²) in [6.45, 7) is 2.37. The van der Waals surface area contributed by atoms with Gasteiger partial charge in [0, 0.05) is 11.6 Å². The lowest BCUT2D eigenvalue weighted by Gasteiger charge is -2.10. The summed E-state index contributed by atoms with van der Waals surface area (Å²) in [6, 6.07) is 12.8. The second-order valence-electron chi connectivity index (χ2n) is 4.50. The zero-order valence-electron chi connectivity index (χ0n) is 11.1. The second kappa shape index (κ2) is 6.41. The van der Waals surface area contributed by atoms with Crippen molar-refractivity contribution in [2.75, 3.05) is 5.43 Å². The Kier molecular flexibility index (Phi) is 4.61. The van der Waals surface area contributed by atoms with Gasteiger partial charge in [-0.25, -0.2) is 0 Å². The zero-order valence-corrected chi connectivity index (χ0v) is 11.9. The van der Waals surface area contributed by atoms with Crippen LogP contribution in [0.15, 0.2) is 42.5 Å². The number of rotatable bonds is 4. The van der Waals surface area contributed by atoms with Crippen LogP contribution in [0.1, 0.15) is 21.5 Å². The van der Waals surface area contributed by atoms with Crippen LogP contribution in [0.25, 0.3) is 0 Å². The molecule has 0 fully saturated rings. The average Bonchev–Trinajstić information content (AvgIpc) is 2.46. The number of hydrogen-bond acceptors (Lipinski definition) is 3. The van der Waals surface area contributed by atoms with Gasteiger partial charge in [0.25, 0.3) is 5.91 Å². The van der Waals surface area contributed by atoms with Gasteiger partial charge in [-0.15, -0.1) is 0 Å². The molecule has 0 bridgehead atoms. The number of carbonyl (C=O) groups is 1. The van der Waals surface area contributed by atoms with E-state index in [1.54, 1.807) is 24.3 Å². The zero-order chi connectivity index (χ0) is 14.5. The molecular formula is C15H16ClN3O. The summed E-state index contributed by atoms with van der Waals surface area (Å²) in [6.07, 6.45) is 0. The predicted molar refractivity (Wildman–Crippen MR) is 81.6 cm³/mol. The lowest BCUT2D eigenvalue weighted by molar-refractivity contribution is 0.0951.